The molecule has 0 aliphatic rings. The molecular weight excluding hydrogens is 313 g/mol. The van der Waals surface area contributed by atoms with Gasteiger partial charge < -0.3 is 14.8 Å². The number of halogens is 2. The van der Waals surface area contributed by atoms with E-state index < -0.39 is 11.8 Å². The molecule has 0 radical (unpaired) electrons. The Morgan fingerprint density at radius 3 is 3.05 bits per heavy atom. The third-order valence-corrected chi connectivity index (χ3v) is 2.66. The van der Waals surface area contributed by atoms with Crippen LogP contribution in [0.3, 0.4) is 0 Å². The molecule has 0 saturated carbocycles. The number of aromatic nitrogens is 2. The molecule has 22 heavy (non-hydrogen) atoms. The van der Waals surface area contributed by atoms with Crippen molar-refractivity contribution in [2.24, 2.45) is 0 Å². The van der Waals surface area contributed by atoms with Crippen LogP contribution in [0.15, 0.2) is 30.5 Å². The van der Waals surface area contributed by atoms with Crippen molar-refractivity contribution in [3.63, 3.8) is 0 Å². The lowest BCUT2D eigenvalue weighted by Gasteiger charge is -2.09. The molecule has 0 bridgehead atoms. The van der Waals surface area contributed by atoms with Gasteiger partial charge in [0.2, 0.25) is 5.28 Å². The Bertz CT molecular complexity index is 670. The van der Waals surface area contributed by atoms with E-state index in [9.17, 15) is 9.18 Å². The number of hydrogen-bond acceptors (Lipinski definition) is 6. The van der Waals surface area contributed by atoms with Gasteiger partial charge in [0.1, 0.15) is 5.75 Å². The van der Waals surface area contributed by atoms with E-state index in [1.807, 2.05) is 0 Å². The number of nitrogens with zero attached hydrogens (tertiary/aromatic N) is 2. The lowest BCUT2D eigenvalue weighted by Crippen LogP contribution is -2.14. The van der Waals surface area contributed by atoms with Gasteiger partial charge in [0.25, 0.3) is 0 Å². The van der Waals surface area contributed by atoms with Gasteiger partial charge in [-0.05, 0) is 30.7 Å². The Hall–Kier alpha value is -2.41. The van der Waals surface area contributed by atoms with Crippen molar-refractivity contribution in [3.8, 4) is 5.75 Å². The molecule has 0 spiro atoms. The first-order chi connectivity index (χ1) is 10.6. The molecule has 1 aromatic carbocycles. The minimum absolute atomic E-state index is 0.0532. The van der Waals surface area contributed by atoms with Crippen LogP contribution in [0, 0.1) is 5.82 Å². The van der Waals surface area contributed by atoms with Crippen molar-refractivity contribution in [1.29, 1.82) is 0 Å². The van der Waals surface area contributed by atoms with Crippen LogP contribution >= 0.6 is 11.6 Å². The molecule has 1 heterocycles. The van der Waals surface area contributed by atoms with Gasteiger partial charge in [-0.25, -0.2) is 14.2 Å². The summed E-state index contributed by atoms with van der Waals surface area (Å²) in [5.41, 5.74) is 0.523. The highest BCUT2D eigenvalue weighted by Crippen LogP contribution is 2.22. The predicted molar refractivity (Wildman–Crippen MR) is 78.9 cm³/mol. The molecule has 0 amide bonds. The van der Waals surface area contributed by atoms with Crippen molar-refractivity contribution in [2.75, 3.05) is 18.5 Å². The van der Waals surface area contributed by atoms with Crippen molar-refractivity contribution in [2.45, 2.75) is 6.92 Å². The van der Waals surface area contributed by atoms with Gasteiger partial charge in [-0.15, -0.1) is 0 Å². The average Bonchev–Trinajstić information content (AvgIpc) is 2.50. The second-order valence-electron chi connectivity index (χ2n) is 4.08. The maximum absolute atomic E-state index is 13.6. The Morgan fingerprint density at radius 2 is 2.27 bits per heavy atom. The number of ether oxygens (including phenoxy) is 2. The molecule has 116 valence electrons. The van der Waals surface area contributed by atoms with Gasteiger partial charge in [0.05, 0.1) is 12.8 Å². The van der Waals surface area contributed by atoms with Gasteiger partial charge in [-0.3, -0.25) is 0 Å². The fourth-order valence-corrected chi connectivity index (χ4v) is 1.71. The average molecular weight is 326 g/mol. The summed E-state index contributed by atoms with van der Waals surface area (Å²) in [6.07, 6.45) is 0.971. The fraction of sp³-hybridized carbons (Fsp3) is 0.214. The van der Waals surface area contributed by atoms with Crippen LogP contribution in [-0.4, -0.2) is 29.2 Å². The molecule has 0 aliphatic heterocycles. The van der Waals surface area contributed by atoms with Crippen molar-refractivity contribution >= 4 is 29.1 Å². The first-order valence-electron chi connectivity index (χ1n) is 6.42. The zero-order valence-corrected chi connectivity index (χ0v) is 12.4. The minimum atomic E-state index is -0.637. The molecule has 8 heteroatoms. The van der Waals surface area contributed by atoms with Gasteiger partial charge in [0.15, 0.2) is 18.2 Å². The molecule has 0 saturated heterocycles. The number of rotatable bonds is 6. The molecule has 0 aliphatic carbocycles. The van der Waals surface area contributed by atoms with Crippen LogP contribution in [0.1, 0.15) is 6.92 Å². The summed E-state index contributed by atoms with van der Waals surface area (Å²) in [5.74, 6) is -0.724. The SMILES string of the molecule is CCOC(=O)COc1cccc(Nc2nc(Cl)ncc2F)c1. The molecule has 0 fully saturated rings. The maximum Gasteiger partial charge on any atom is 0.344 e. The predicted octanol–water partition coefficient (Wildman–Crippen LogP) is 2.95. The number of anilines is 2. The zero-order valence-electron chi connectivity index (χ0n) is 11.7. The van der Waals surface area contributed by atoms with Gasteiger partial charge in [0, 0.05) is 11.8 Å². The van der Waals surface area contributed by atoms with Gasteiger partial charge in [-0.2, -0.15) is 4.98 Å². The number of benzene rings is 1. The van der Waals surface area contributed by atoms with Gasteiger partial charge in [-0.1, -0.05) is 6.07 Å². The van der Waals surface area contributed by atoms with E-state index in [2.05, 4.69) is 15.3 Å². The van der Waals surface area contributed by atoms with Crippen molar-refractivity contribution < 1.29 is 18.7 Å². The third kappa shape index (κ3) is 4.56. The zero-order chi connectivity index (χ0) is 15.9. The molecule has 2 aromatic rings. The van der Waals surface area contributed by atoms with E-state index in [0.29, 0.717) is 11.4 Å². The van der Waals surface area contributed by atoms with E-state index in [1.165, 1.54) is 0 Å². The maximum atomic E-state index is 13.6. The molecule has 0 unspecified atom stereocenters. The number of carbonyl (C=O) groups excluding carboxylic acids is 1. The first kappa shape index (κ1) is 16.0. The summed E-state index contributed by atoms with van der Waals surface area (Å²) in [6, 6.07) is 6.62. The van der Waals surface area contributed by atoms with Crippen molar-refractivity contribution in [3.05, 3.63) is 41.6 Å². The van der Waals surface area contributed by atoms with E-state index >= 15 is 0 Å². The smallest absolute Gasteiger partial charge is 0.344 e. The highest BCUT2D eigenvalue weighted by molar-refractivity contribution is 6.28. The standard InChI is InChI=1S/C14H13ClFN3O3/c1-2-21-12(20)8-22-10-5-3-4-9(6-10)18-13-11(16)7-17-14(15)19-13/h3-7H,2,8H2,1H3,(H,17,18,19). The summed E-state index contributed by atoms with van der Waals surface area (Å²) in [4.78, 5) is 18.5. The normalized spacial score (nSPS) is 10.1. The molecule has 1 N–H and O–H groups in total. The lowest BCUT2D eigenvalue weighted by molar-refractivity contribution is -0.145. The number of hydrogen-bond donors (Lipinski definition) is 1. The first-order valence-corrected chi connectivity index (χ1v) is 6.80. The van der Waals surface area contributed by atoms with E-state index in [1.54, 1.807) is 31.2 Å². The van der Waals surface area contributed by atoms with Crippen LogP contribution in [0.25, 0.3) is 0 Å². The molecular formula is C14H13ClFN3O3. The fourth-order valence-electron chi connectivity index (χ4n) is 1.58. The van der Waals surface area contributed by atoms with Crippen LogP contribution < -0.4 is 10.1 Å². The Labute approximate surface area is 131 Å². The molecule has 0 atom stereocenters. The lowest BCUT2D eigenvalue weighted by atomic mass is 10.3. The molecule has 1 aromatic heterocycles. The van der Waals surface area contributed by atoms with Crippen LogP contribution in [-0.2, 0) is 9.53 Å². The number of nitrogens with one attached hydrogen (secondary N) is 1. The number of esters is 1. The van der Waals surface area contributed by atoms with Crippen LogP contribution in [0.2, 0.25) is 5.28 Å². The highest BCUT2D eigenvalue weighted by Gasteiger charge is 2.08. The Balaban J connectivity index is 2.05. The summed E-state index contributed by atoms with van der Waals surface area (Å²) in [5, 5.41) is 2.69. The Kier molecular flexibility index (Phi) is 5.48. The summed E-state index contributed by atoms with van der Waals surface area (Å²) >= 11 is 5.62. The summed E-state index contributed by atoms with van der Waals surface area (Å²) < 4.78 is 23.6. The second-order valence-corrected chi connectivity index (χ2v) is 4.42. The summed E-state index contributed by atoms with van der Waals surface area (Å²) in [7, 11) is 0. The summed E-state index contributed by atoms with van der Waals surface area (Å²) in [6.45, 7) is 1.80. The highest BCUT2D eigenvalue weighted by atomic mass is 35.5. The van der Waals surface area contributed by atoms with E-state index in [4.69, 9.17) is 21.1 Å². The van der Waals surface area contributed by atoms with Crippen molar-refractivity contribution in [1.82, 2.24) is 9.97 Å². The number of carbonyl (C=O) groups is 1. The third-order valence-electron chi connectivity index (χ3n) is 2.47. The van der Waals surface area contributed by atoms with Crippen LogP contribution in [0.5, 0.6) is 5.75 Å². The van der Waals surface area contributed by atoms with Gasteiger partial charge >= 0.3 is 5.97 Å². The quantitative estimate of drug-likeness (QED) is 0.650. The topological polar surface area (TPSA) is 73.3 Å². The second kappa shape index (κ2) is 7.56. The largest absolute Gasteiger partial charge is 0.482 e. The molecule has 2 rings (SSSR count). The monoisotopic (exact) mass is 325 g/mol. The van der Waals surface area contributed by atoms with Crippen LogP contribution in [0.4, 0.5) is 15.9 Å². The molecule has 6 nitrogen and oxygen atoms in total. The van der Waals surface area contributed by atoms with E-state index in [0.717, 1.165) is 6.20 Å². The Morgan fingerprint density at radius 1 is 1.45 bits per heavy atom. The van der Waals surface area contributed by atoms with E-state index in [-0.39, 0.29) is 24.3 Å². The minimum Gasteiger partial charge on any atom is -0.482 e.